The third kappa shape index (κ3) is 4.04. The van der Waals surface area contributed by atoms with E-state index in [4.69, 9.17) is 0 Å². The maximum absolute atomic E-state index is 3.28. The fourth-order valence-electron chi connectivity index (χ4n) is 2.45. The monoisotopic (exact) mass is 227 g/mol. The first-order chi connectivity index (χ1) is 7.45. The number of hydrogen-bond acceptors (Lipinski definition) is 3. The Labute approximate surface area is 101 Å². The lowest BCUT2D eigenvalue weighted by atomic mass is 9.94. The molecule has 0 saturated carbocycles. The van der Waals surface area contributed by atoms with Gasteiger partial charge in [0.1, 0.15) is 0 Å². The summed E-state index contributed by atoms with van der Waals surface area (Å²) in [4.78, 5) is 4.95. The summed E-state index contributed by atoms with van der Waals surface area (Å²) in [6.07, 6.45) is 2.72. The summed E-state index contributed by atoms with van der Waals surface area (Å²) in [6, 6.07) is 0. The molecule has 0 amide bonds. The topological polar surface area (TPSA) is 18.5 Å². The number of nitrogens with zero attached hydrogens (tertiary/aromatic N) is 2. The molecule has 0 radical (unpaired) electrons. The molecule has 0 spiro atoms. The van der Waals surface area contributed by atoms with Gasteiger partial charge in [0, 0.05) is 18.6 Å². The van der Waals surface area contributed by atoms with Gasteiger partial charge in [0.2, 0.25) is 0 Å². The van der Waals surface area contributed by atoms with Gasteiger partial charge in [-0.2, -0.15) is 0 Å². The van der Waals surface area contributed by atoms with Gasteiger partial charge in [-0.25, -0.2) is 0 Å². The standard InChI is InChI=1S/C13H29N3/c1-13(2,11-14-3)16(5)10-12-6-8-15(4)9-7-12/h12,14H,6-11H2,1-5H3. The molecule has 3 heteroatoms. The van der Waals surface area contributed by atoms with Gasteiger partial charge in [-0.3, -0.25) is 4.90 Å². The van der Waals surface area contributed by atoms with Crippen LogP contribution in [0, 0.1) is 5.92 Å². The van der Waals surface area contributed by atoms with Gasteiger partial charge in [0.05, 0.1) is 0 Å². The van der Waals surface area contributed by atoms with Gasteiger partial charge in [-0.1, -0.05) is 0 Å². The van der Waals surface area contributed by atoms with Crippen molar-refractivity contribution in [2.24, 2.45) is 5.92 Å². The number of nitrogens with one attached hydrogen (secondary N) is 1. The molecule has 0 bridgehead atoms. The van der Waals surface area contributed by atoms with E-state index in [1.54, 1.807) is 0 Å². The van der Waals surface area contributed by atoms with Crippen LogP contribution in [0.1, 0.15) is 26.7 Å². The number of likely N-dealkylation sites (N-methyl/N-ethyl adjacent to an activating group) is 2. The molecule has 0 aromatic rings. The molecule has 1 rings (SSSR count). The first kappa shape index (κ1) is 13.9. The van der Waals surface area contributed by atoms with Crippen LogP contribution in [0.5, 0.6) is 0 Å². The Morgan fingerprint density at radius 2 is 1.88 bits per heavy atom. The average Bonchev–Trinajstić information content (AvgIpc) is 2.21. The predicted octanol–water partition coefficient (Wildman–Crippen LogP) is 1.26. The summed E-state index contributed by atoms with van der Waals surface area (Å²) in [5.41, 5.74) is 0.262. The van der Waals surface area contributed by atoms with Crippen molar-refractivity contribution in [1.82, 2.24) is 15.1 Å². The number of rotatable bonds is 5. The Kier molecular flexibility index (Phi) is 5.22. The van der Waals surface area contributed by atoms with Crippen LogP contribution < -0.4 is 5.32 Å². The van der Waals surface area contributed by atoms with Crippen LogP contribution in [0.2, 0.25) is 0 Å². The highest BCUT2D eigenvalue weighted by Crippen LogP contribution is 2.20. The zero-order valence-corrected chi connectivity index (χ0v) is 11.7. The zero-order valence-electron chi connectivity index (χ0n) is 11.7. The molecular formula is C13H29N3. The molecule has 0 unspecified atom stereocenters. The van der Waals surface area contributed by atoms with E-state index in [1.165, 1.54) is 32.5 Å². The molecular weight excluding hydrogens is 198 g/mol. The quantitative estimate of drug-likeness (QED) is 0.763. The van der Waals surface area contributed by atoms with Crippen LogP contribution in [0.15, 0.2) is 0 Å². The van der Waals surface area contributed by atoms with E-state index in [-0.39, 0.29) is 5.54 Å². The van der Waals surface area contributed by atoms with E-state index >= 15 is 0 Å². The van der Waals surface area contributed by atoms with Gasteiger partial charge in [0.25, 0.3) is 0 Å². The Morgan fingerprint density at radius 1 is 1.31 bits per heavy atom. The fraction of sp³-hybridized carbons (Fsp3) is 1.00. The summed E-state index contributed by atoms with van der Waals surface area (Å²) < 4.78 is 0. The Balaban J connectivity index is 2.36. The SMILES string of the molecule is CNCC(C)(C)N(C)CC1CCN(C)CC1. The molecule has 1 N–H and O–H groups in total. The van der Waals surface area contributed by atoms with Gasteiger partial charge < -0.3 is 10.2 Å². The first-order valence-electron chi connectivity index (χ1n) is 6.50. The second-order valence-electron chi connectivity index (χ2n) is 5.97. The molecule has 1 saturated heterocycles. The minimum absolute atomic E-state index is 0.262. The van der Waals surface area contributed by atoms with Crippen LogP contribution in [0.4, 0.5) is 0 Å². The molecule has 0 aromatic heterocycles. The molecule has 1 aliphatic rings. The van der Waals surface area contributed by atoms with Crippen LogP contribution in [0.25, 0.3) is 0 Å². The molecule has 3 nitrogen and oxygen atoms in total. The molecule has 16 heavy (non-hydrogen) atoms. The van der Waals surface area contributed by atoms with E-state index in [9.17, 15) is 0 Å². The lowest BCUT2D eigenvalue weighted by Crippen LogP contribution is -2.50. The second-order valence-corrected chi connectivity index (χ2v) is 5.97. The van der Waals surface area contributed by atoms with Crippen LogP contribution in [0.3, 0.4) is 0 Å². The minimum atomic E-state index is 0.262. The molecule has 0 aromatic carbocycles. The summed E-state index contributed by atoms with van der Waals surface area (Å²) in [5, 5.41) is 3.28. The van der Waals surface area contributed by atoms with Crippen molar-refractivity contribution >= 4 is 0 Å². The first-order valence-corrected chi connectivity index (χ1v) is 6.50. The molecule has 96 valence electrons. The summed E-state index contributed by atoms with van der Waals surface area (Å²) in [6.45, 7) is 9.46. The number of likely N-dealkylation sites (tertiary alicyclic amines) is 1. The maximum Gasteiger partial charge on any atom is 0.0274 e. The van der Waals surface area contributed by atoms with Crippen molar-refractivity contribution in [3.05, 3.63) is 0 Å². The fourth-order valence-corrected chi connectivity index (χ4v) is 2.45. The smallest absolute Gasteiger partial charge is 0.0274 e. The molecule has 1 heterocycles. The van der Waals surface area contributed by atoms with Gasteiger partial charge in [-0.05, 0) is 66.8 Å². The lowest BCUT2D eigenvalue weighted by Gasteiger charge is -2.39. The van der Waals surface area contributed by atoms with Crippen molar-refractivity contribution in [1.29, 1.82) is 0 Å². The van der Waals surface area contributed by atoms with Crippen molar-refractivity contribution in [2.45, 2.75) is 32.2 Å². The normalized spacial score (nSPS) is 20.6. The van der Waals surface area contributed by atoms with Crippen molar-refractivity contribution in [3.8, 4) is 0 Å². The minimum Gasteiger partial charge on any atom is -0.318 e. The Morgan fingerprint density at radius 3 is 2.38 bits per heavy atom. The van der Waals surface area contributed by atoms with Gasteiger partial charge in [0.15, 0.2) is 0 Å². The van der Waals surface area contributed by atoms with Crippen LogP contribution in [-0.2, 0) is 0 Å². The van der Waals surface area contributed by atoms with Gasteiger partial charge in [-0.15, -0.1) is 0 Å². The lowest BCUT2D eigenvalue weighted by molar-refractivity contribution is 0.105. The second kappa shape index (κ2) is 5.99. The van der Waals surface area contributed by atoms with E-state index in [2.05, 4.69) is 43.1 Å². The van der Waals surface area contributed by atoms with Crippen LogP contribution in [-0.4, -0.2) is 62.7 Å². The predicted molar refractivity (Wildman–Crippen MR) is 70.9 cm³/mol. The third-order valence-corrected chi connectivity index (χ3v) is 4.01. The van der Waals surface area contributed by atoms with E-state index in [0.717, 1.165) is 12.5 Å². The molecule has 1 aliphatic heterocycles. The third-order valence-electron chi connectivity index (χ3n) is 4.01. The van der Waals surface area contributed by atoms with Gasteiger partial charge >= 0.3 is 0 Å². The van der Waals surface area contributed by atoms with E-state index in [0.29, 0.717) is 0 Å². The highest BCUT2D eigenvalue weighted by atomic mass is 15.2. The van der Waals surface area contributed by atoms with E-state index in [1.807, 2.05) is 7.05 Å². The van der Waals surface area contributed by atoms with E-state index < -0.39 is 0 Å². The van der Waals surface area contributed by atoms with Crippen molar-refractivity contribution in [2.75, 3.05) is 47.3 Å². The highest BCUT2D eigenvalue weighted by Gasteiger charge is 2.26. The molecule has 0 atom stereocenters. The summed E-state index contributed by atoms with van der Waals surface area (Å²) in [5.74, 6) is 0.886. The van der Waals surface area contributed by atoms with Crippen molar-refractivity contribution < 1.29 is 0 Å². The maximum atomic E-state index is 3.28. The summed E-state index contributed by atoms with van der Waals surface area (Å²) >= 11 is 0. The highest BCUT2D eigenvalue weighted by molar-refractivity contribution is 4.83. The summed E-state index contributed by atoms with van der Waals surface area (Å²) in [7, 11) is 6.52. The Hall–Kier alpha value is -0.120. The number of hydrogen-bond donors (Lipinski definition) is 1. The van der Waals surface area contributed by atoms with Crippen LogP contribution >= 0.6 is 0 Å². The molecule has 0 aliphatic carbocycles. The number of piperidine rings is 1. The largest absolute Gasteiger partial charge is 0.318 e. The molecule has 1 fully saturated rings. The van der Waals surface area contributed by atoms with Crippen molar-refractivity contribution in [3.63, 3.8) is 0 Å². The Bertz CT molecular complexity index is 195. The zero-order chi connectivity index (χ0) is 12.2. The average molecular weight is 227 g/mol.